The van der Waals surface area contributed by atoms with Crippen LogP contribution in [0.2, 0.25) is 0 Å². The van der Waals surface area contributed by atoms with Crippen molar-refractivity contribution in [1.82, 2.24) is 0 Å². The molecule has 0 aliphatic rings. The molecule has 0 aliphatic carbocycles. The lowest BCUT2D eigenvalue weighted by Gasteiger charge is -2.06. The van der Waals surface area contributed by atoms with E-state index in [1.54, 1.807) is 4.90 Å². The fourth-order valence-corrected chi connectivity index (χ4v) is 1.97. The number of hydrogen-bond donors (Lipinski definition) is 2. The number of hydrogen-bond acceptors (Lipinski definition) is 2. The zero-order chi connectivity index (χ0) is 14.9. The van der Waals surface area contributed by atoms with Crippen LogP contribution in [0.25, 0.3) is 0 Å². The van der Waals surface area contributed by atoms with Crippen LogP contribution < -0.4 is 10.0 Å². The topological polar surface area (TPSA) is 64.8 Å². The van der Waals surface area contributed by atoms with Crippen LogP contribution in [-0.2, 0) is 0 Å². The average Bonchev–Trinajstić information content (AvgIpc) is 2.30. The molecule has 0 rings (SSSR count). The molecule has 0 aromatic rings. The molecule has 0 spiro atoms. The number of carbonyl (C=O) groups is 1. The minimum atomic E-state index is -2.08. The van der Waals surface area contributed by atoms with Crippen LogP contribution in [0.1, 0.15) is 71.1 Å². The summed E-state index contributed by atoms with van der Waals surface area (Å²) in [5, 5.41) is 15.3. The van der Waals surface area contributed by atoms with Gasteiger partial charge in [0.05, 0.1) is 20.6 Å². The molecule has 0 saturated carbocycles. The Morgan fingerprint density at radius 3 is 1.53 bits per heavy atom. The molecule has 0 heterocycles. The summed E-state index contributed by atoms with van der Waals surface area (Å²) < 4.78 is 0. The summed E-state index contributed by atoms with van der Waals surface area (Å²) in [6, 6.07) is 0. The molecule has 0 aromatic heterocycles. The second-order valence-electron chi connectivity index (χ2n) is 5.40. The Kier molecular flexibility index (Phi) is 18.6. The molecule has 4 heteroatoms. The first kappa shape index (κ1) is 20.5. The number of nitrogens with one attached hydrogen (secondary N) is 1. The van der Waals surface area contributed by atoms with E-state index in [4.69, 9.17) is 15.0 Å². The molecule has 4 nitrogen and oxygen atoms in total. The highest BCUT2D eigenvalue weighted by molar-refractivity contribution is 5.50. The van der Waals surface area contributed by atoms with Crippen molar-refractivity contribution >= 4 is 6.16 Å². The Morgan fingerprint density at radius 1 is 0.895 bits per heavy atom. The van der Waals surface area contributed by atoms with Gasteiger partial charge in [0.15, 0.2) is 0 Å². The van der Waals surface area contributed by atoms with E-state index in [0.717, 1.165) is 0 Å². The first-order chi connectivity index (χ1) is 9.00. The summed E-state index contributed by atoms with van der Waals surface area (Å²) in [5.41, 5.74) is 0. The summed E-state index contributed by atoms with van der Waals surface area (Å²) in [6.45, 7) is 3.63. The molecule has 0 atom stereocenters. The second kappa shape index (κ2) is 17.2. The first-order valence-electron chi connectivity index (χ1n) is 7.69. The first-order valence-corrected chi connectivity index (χ1v) is 7.69. The van der Waals surface area contributed by atoms with Crippen molar-refractivity contribution < 1.29 is 19.9 Å². The molecule has 116 valence electrons. The predicted molar refractivity (Wildman–Crippen MR) is 77.5 cm³/mol. The van der Waals surface area contributed by atoms with Crippen molar-refractivity contribution in [1.29, 1.82) is 0 Å². The van der Waals surface area contributed by atoms with Crippen molar-refractivity contribution in [2.75, 3.05) is 20.6 Å². The average molecular weight is 275 g/mol. The summed E-state index contributed by atoms with van der Waals surface area (Å²) in [5.74, 6) is 0. The number of carboxylic acid groups (broad SMARTS) is 2. The van der Waals surface area contributed by atoms with Crippen molar-refractivity contribution in [3.05, 3.63) is 0 Å². The van der Waals surface area contributed by atoms with E-state index in [1.165, 1.54) is 70.8 Å². The lowest BCUT2D eigenvalue weighted by Crippen LogP contribution is -3.05. The van der Waals surface area contributed by atoms with Crippen molar-refractivity contribution in [2.45, 2.75) is 71.1 Å². The fraction of sp³-hybridized carbons (Fsp3) is 0.933. The third-order valence-corrected chi connectivity index (χ3v) is 3.03. The molecule has 19 heavy (non-hydrogen) atoms. The van der Waals surface area contributed by atoms with Gasteiger partial charge in [-0.1, -0.05) is 58.3 Å². The summed E-state index contributed by atoms with van der Waals surface area (Å²) in [7, 11) is 4.49. The Balaban J connectivity index is 0. The molecular weight excluding hydrogens is 242 g/mol. The monoisotopic (exact) mass is 275 g/mol. The van der Waals surface area contributed by atoms with Gasteiger partial charge in [0.1, 0.15) is 0 Å². The summed E-state index contributed by atoms with van der Waals surface area (Å²) in [6.07, 6.45) is 12.4. The van der Waals surface area contributed by atoms with Gasteiger partial charge in [-0.25, -0.2) is 0 Å². The van der Waals surface area contributed by atoms with Crippen LogP contribution in [-0.4, -0.2) is 31.9 Å². The van der Waals surface area contributed by atoms with Gasteiger partial charge in [-0.05, 0) is 12.8 Å². The van der Waals surface area contributed by atoms with Crippen LogP contribution in [0.15, 0.2) is 0 Å². The van der Waals surface area contributed by atoms with Crippen LogP contribution in [0, 0.1) is 0 Å². The molecule has 0 saturated heterocycles. The number of quaternary nitrogens is 1. The smallest absolute Gasteiger partial charge is 0.249 e. The van der Waals surface area contributed by atoms with Gasteiger partial charge in [-0.3, -0.25) is 0 Å². The zero-order valence-electron chi connectivity index (χ0n) is 13.0. The van der Waals surface area contributed by atoms with E-state index >= 15 is 0 Å². The summed E-state index contributed by atoms with van der Waals surface area (Å²) >= 11 is 0. The minimum absolute atomic E-state index is 1.34. The quantitative estimate of drug-likeness (QED) is 0.566. The van der Waals surface area contributed by atoms with Gasteiger partial charge in [-0.15, -0.1) is 0 Å². The highest BCUT2D eigenvalue weighted by Gasteiger charge is 1.94. The minimum Gasteiger partial charge on any atom is -0.565 e. The molecule has 0 aliphatic heterocycles. The number of unbranched alkanes of at least 4 members (excludes halogenated alkanes) is 9. The van der Waals surface area contributed by atoms with E-state index in [0.29, 0.717) is 0 Å². The van der Waals surface area contributed by atoms with Gasteiger partial charge in [-0.2, -0.15) is 0 Å². The third-order valence-electron chi connectivity index (χ3n) is 3.03. The molecule has 0 fully saturated rings. The molecule has 2 N–H and O–H groups in total. The van der Waals surface area contributed by atoms with E-state index in [9.17, 15) is 0 Å². The normalized spacial score (nSPS) is 10.1. The molecular formula is C15H33NO3. The highest BCUT2D eigenvalue weighted by atomic mass is 16.6. The Labute approximate surface area is 118 Å². The van der Waals surface area contributed by atoms with Crippen molar-refractivity contribution in [3.8, 4) is 0 Å². The fourth-order valence-electron chi connectivity index (χ4n) is 1.97. The second-order valence-corrected chi connectivity index (χ2v) is 5.40. The van der Waals surface area contributed by atoms with Gasteiger partial charge < -0.3 is 19.9 Å². The standard InChI is InChI=1S/C14H31N.CH2O3/c1-4-5-6-7-8-9-10-11-12-13-14-15(2)3;2-1(3)4/h4-14H2,1-3H3;(H2,2,3,4). The summed E-state index contributed by atoms with van der Waals surface area (Å²) in [4.78, 5) is 10.0. The highest BCUT2D eigenvalue weighted by Crippen LogP contribution is 2.09. The molecule has 0 radical (unpaired) electrons. The Bertz CT molecular complexity index is 180. The molecule has 0 bridgehead atoms. The van der Waals surface area contributed by atoms with Gasteiger partial charge in [0.25, 0.3) is 0 Å². The largest absolute Gasteiger partial charge is 0.565 e. The molecule has 0 amide bonds. The van der Waals surface area contributed by atoms with Gasteiger partial charge >= 0.3 is 0 Å². The predicted octanol–water partition coefficient (Wildman–Crippen LogP) is 1.94. The van der Waals surface area contributed by atoms with E-state index in [-0.39, 0.29) is 0 Å². The maximum absolute atomic E-state index is 8.44. The van der Waals surface area contributed by atoms with Crippen LogP contribution >= 0.6 is 0 Å². The van der Waals surface area contributed by atoms with E-state index < -0.39 is 6.16 Å². The molecule has 0 unspecified atom stereocenters. The van der Waals surface area contributed by atoms with Crippen LogP contribution in [0.5, 0.6) is 0 Å². The van der Waals surface area contributed by atoms with Crippen molar-refractivity contribution in [2.24, 2.45) is 0 Å². The Morgan fingerprint density at radius 2 is 1.21 bits per heavy atom. The van der Waals surface area contributed by atoms with E-state index in [1.807, 2.05) is 0 Å². The maximum Gasteiger partial charge on any atom is 0.249 e. The third kappa shape index (κ3) is 31.7. The number of rotatable bonds is 11. The van der Waals surface area contributed by atoms with Crippen LogP contribution in [0.3, 0.4) is 0 Å². The maximum atomic E-state index is 8.44. The zero-order valence-corrected chi connectivity index (χ0v) is 13.0. The van der Waals surface area contributed by atoms with E-state index in [2.05, 4.69) is 21.0 Å². The van der Waals surface area contributed by atoms with Gasteiger partial charge in [0, 0.05) is 0 Å². The lowest BCUT2D eigenvalue weighted by atomic mass is 10.1. The Hall–Kier alpha value is -0.770. The van der Waals surface area contributed by atoms with Crippen molar-refractivity contribution in [3.63, 3.8) is 0 Å². The van der Waals surface area contributed by atoms with Crippen LogP contribution in [0.4, 0.5) is 4.79 Å². The SMILES string of the molecule is CCCCCCCCCCCC[NH+](C)C.O=C([O-])O. The molecule has 0 aromatic carbocycles. The van der Waals surface area contributed by atoms with Gasteiger partial charge in [0.2, 0.25) is 6.16 Å². The lowest BCUT2D eigenvalue weighted by molar-refractivity contribution is -0.858.